The molecule has 68 valence electrons. The molecular weight excluding hydrogens is 168 g/mol. The molecule has 5 nitrogen and oxygen atoms in total. The Morgan fingerprint density at radius 3 is 3.15 bits per heavy atom. The molecule has 1 aliphatic rings. The Hall–Kier alpha value is -1.54. The molecule has 1 heterocycles. The van der Waals surface area contributed by atoms with Crippen molar-refractivity contribution >= 4 is 5.87 Å². The molecule has 0 N–H and O–H groups in total. The van der Waals surface area contributed by atoms with Gasteiger partial charge < -0.3 is 4.74 Å². The van der Waals surface area contributed by atoms with Crippen LogP contribution in [0.15, 0.2) is 23.5 Å². The molecule has 0 aliphatic carbocycles. The van der Waals surface area contributed by atoms with Gasteiger partial charge in [-0.05, 0) is 5.53 Å². The van der Waals surface area contributed by atoms with E-state index in [0.717, 1.165) is 0 Å². The van der Waals surface area contributed by atoms with Crippen molar-refractivity contribution in [3.8, 4) is 0 Å². The van der Waals surface area contributed by atoms with Crippen LogP contribution in [0.4, 0.5) is 0 Å². The van der Waals surface area contributed by atoms with Gasteiger partial charge in [0.15, 0.2) is 18.6 Å². The number of methoxy groups -OCH3 is 1. The highest BCUT2D eigenvalue weighted by atomic mass is 16.5. The second-order valence-corrected chi connectivity index (χ2v) is 2.60. The third-order valence-electron chi connectivity index (χ3n) is 1.58. The van der Waals surface area contributed by atoms with E-state index in [1.807, 2.05) is 16.9 Å². The molecule has 0 aromatic carbocycles. The SMILES string of the molecule is COC[C@@H](C[N+]1=C=CC=C1)N=[N+]=[N-]. The quantitative estimate of drug-likeness (QED) is 0.269. The highest BCUT2D eigenvalue weighted by Gasteiger charge is 2.13. The van der Waals surface area contributed by atoms with E-state index < -0.39 is 0 Å². The minimum atomic E-state index is -0.168. The van der Waals surface area contributed by atoms with Gasteiger partial charge in [-0.3, -0.25) is 0 Å². The number of hydrogen-bond donors (Lipinski definition) is 0. The first-order chi connectivity index (χ1) is 6.36. The highest BCUT2D eigenvalue weighted by molar-refractivity contribution is 5.51. The summed E-state index contributed by atoms with van der Waals surface area (Å²) in [4.78, 5) is 2.75. The van der Waals surface area contributed by atoms with Gasteiger partial charge in [0.05, 0.1) is 12.7 Å². The third kappa shape index (κ3) is 3.13. The molecule has 0 aromatic rings. The molecule has 0 fully saturated rings. The number of azide groups is 1. The Labute approximate surface area is 76.3 Å². The molecule has 1 rings (SSSR count). The van der Waals surface area contributed by atoms with Crippen molar-refractivity contribution < 1.29 is 9.31 Å². The number of allylic oxidation sites excluding steroid dienone is 2. The Kier molecular flexibility index (Phi) is 3.79. The average Bonchev–Trinajstić information content (AvgIpc) is 2.58. The van der Waals surface area contributed by atoms with E-state index in [1.165, 1.54) is 0 Å². The fraction of sp³-hybridized carbons (Fsp3) is 0.500. The molecule has 0 radical (unpaired) electrons. The van der Waals surface area contributed by atoms with E-state index in [9.17, 15) is 0 Å². The molecule has 5 heteroatoms. The maximum absolute atomic E-state index is 8.28. The van der Waals surface area contributed by atoms with Gasteiger partial charge in [0.1, 0.15) is 6.04 Å². The summed E-state index contributed by atoms with van der Waals surface area (Å²) in [6.07, 6.45) is 5.55. The van der Waals surface area contributed by atoms with Crippen LogP contribution in [0.3, 0.4) is 0 Å². The van der Waals surface area contributed by atoms with Crippen LogP contribution in [0.1, 0.15) is 0 Å². The largest absolute Gasteiger partial charge is 0.384 e. The molecule has 0 saturated heterocycles. The fourth-order valence-electron chi connectivity index (χ4n) is 1.06. The molecule has 1 aliphatic heterocycles. The predicted octanol–water partition coefficient (Wildman–Crippen LogP) is 1.08. The van der Waals surface area contributed by atoms with E-state index in [4.69, 9.17) is 10.3 Å². The summed E-state index contributed by atoms with van der Waals surface area (Å²) in [6, 6.07) is -0.168. The lowest BCUT2D eigenvalue weighted by molar-refractivity contribution is -0.451. The molecule has 0 spiro atoms. The third-order valence-corrected chi connectivity index (χ3v) is 1.58. The van der Waals surface area contributed by atoms with Crippen molar-refractivity contribution in [2.45, 2.75) is 6.04 Å². The number of ether oxygens (including phenoxy) is 1. The lowest BCUT2D eigenvalue weighted by Crippen LogP contribution is -2.22. The van der Waals surface area contributed by atoms with E-state index in [1.54, 1.807) is 13.2 Å². The average molecular weight is 179 g/mol. The van der Waals surface area contributed by atoms with Crippen LogP contribution in [-0.2, 0) is 4.74 Å². The van der Waals surface area contributed by atoms with Crippen molar-refractivity contribution in [3.63, 3.8) is 0 Å². The molecule has 0 saturated carbocycles. The maximum Gasteiger partial charge on any atom is 0.179 e. The van der Waals surface area contributed by atoms with Gasteiger partial charge in [-0.15, -0.1) is 0 Å². The maximum atomic E-state index is 8.28. The zero-order valence-electron chi connectivity index (χ0n) is 7.42. The van der Waals surface area contributed by atoms with Crippen LogP contribution < -0.4 is 0 Å². The molecule has 0 aromatic heterocycles. The highest BCUT2D eigenvalue weighted by Crippen LogP contribution is 1.96. The second kappa shape index (κ2) is 5.17. The van der Waals surface area contributed by atoms with Crippen molar-refractivity contribution in [2.75, 3.05) is 20.3 Å². The minimum Gasteiger partial charge on any atom is -0.384 e. The van der Waals surface area contributed by atoms with Gasteiger partial charge in [0, 0.05) is 18.1 Å². The Balaban J connectivity index is 2.51. The summed E-state index contributed by atoms with van der Waals surface area (Å²) < 4.78 is 6.74. The van der Waals surface area contributed by atoms with Crippen LogP contribution in [0, 0.1) is 0 Å². The molecule has 0 unspecified atom stereocenters. The van der Waals surface area contributed by atoms with E-state index in [-0.39, 0.29) is 6.04 Å². The first-order valence-electron chi connectivity index (χ1n) is 3.92. The summed E-state index contributed by atoms with van der Waals surface area (Å²) >= 11 is 0. The molecular formula is C8H11N4O+. The summed E-state index contributed by atoms with van der Waals surface area (Å²) in [6.45, 7) is 1.03. The Bertz CT molecular complexity index is 308. The van der Waals surface area contributed by atoms with Gasteiger partial charge >= 0.3 is 0 Å². The fourth-order valence-corrected chi connectivity index (χ4v) is 1.06. The van der Waals surface area contributed by atoms with Gasteiger partial charge in [0.2, 0.25) is 0 Å². The van der Waals surface area contributed by atoms with Crippen LogP contribution in [-0.4, -0.2) is 36.7 Å². The lowest BCUT2D eigenvalue weighted by Gasteiger charge is -2.03. The molecule has 0 bridgehead atoms. The Morgan fingerprint density at radius 2 is 2.62 bits per heavy atom. The summed E-state index contributed by atoms with van der Waals surface area (Å²) in [5.74, 6) is 2.96. The van der Waals surface area contributed by atoms with Gasteiger partial charge in [0.25, 0.3) is 0 Å². The number of nitrogens with zero attached hydrogens (tertiary/aromatic N) is 4. The van der Waals surface area contributed by atoms with Crippen molar-refractivity contribution in [2.24, 2.45) is 5.11 Å². The molecule has 1 atom stereocenters. The van der Waals surface area contributed by atoms with Gasteiger partial charge in [-0.1, -0.05) is 5.11 Å². The van der Waals surface area contributed by atoms with Crippen molar-refractivity contribution in [1.29, 1.82) is 0 Å². The van der Waals surface area contributed by atoms with Gasteiger partial charge in [-0.2, -0.15) is 4.58 Å². The normalized spacial score (nSPS) is 15.3. The number of hydrogen-bond acceptors (Lipinski definition) is 2. The first-order valence-corrected chi connectivity index (χ1v) is 3.92. The number of rotatable bonds is 5. The van der Waals surface area contributed by atoms with Crippen molar-refractivity contribution in [3.05, 3.63) is 28.8 Å². The summed E-state index contributed by atoms with van der Waals surface area (Å²) in [5, 5.41) is 3.60. The van der Waals surface area contributed by atoms with Gasteiger partial charge in [-0.25, -0.2) is 0 Å². The summed E-state index contributed by atoms with van der Waals surface area (Å²) in [7, 11) is 1.58. The van der Waals surface area contributed by atoms with Crippen LogP contribution in [0.5, 0.6) is 0 Å². The van der Waals surface area contributed by atoms with Crippen LogP contribution in [0.25, 0.3) is 10.4 Å². The van der Waals surface area contributed by atoms with Crippen molar-refractivity contribution in [1.82, 2.24) is 0 Å². The summed E-state index contributed by atoms with van der Waals surface area (Å²) in [5.41, 5.74) is 8.28. The topological polar surface area (TPSA) is 61.0 Å². The second-order valence-electron chi connectivity index (χ2n) is 2.60. The lowest BCUT2D eigenvalue weighted by atomic mass is 10.3. The van der Waals surface area contributed by atoms with E-state index >= 15 is 0 Å². The predicted molar refractivity (Wildman–Crippen MR) is 48.7 cm³/mol. The van der Waals surface area contributed by atoms with E-state index in [2.05, 4.69) is 15.9 Å². The molecule has 0 amide bonds. The van der Waals surface area contributed by atoms with E-state index in [0.29, 0.717) is 13.2 Å². The van der Waals surface area contributed by atoms with Crippen LogP contribution in [0.2, 0.25) is 0 Å². The first kappa shape index (κ1) is 9.55. The zero-order chi connectivity index (χ0) is 9.52. The monoisotopic (exact) mass is 179 g/mol. The smallest absolute Gasteiger partial charge is 0.179 e. The molecule has 13 heavy (non-hydrogen) atoms. The van der Waals surface area contributed by atoms with Crippen LogP contribution >= 0.6 is 0 Å². The standard InChI is InChI=1S/C8H11N4O/c1-13-7-8(10-11-9)6-12-4-2-3-5-12/h2-4,8H,6-7H2,1H3/q+1/t8-/m1/s1. The minimum absolute atomic E-state index is 0.168. The zero-order valence-corrected chi connectivity index (χ0v) is 7.42. The Morgan fingerprint density at radius 1 is 1.77 bits per heavy atom.